The van der Waals surface area contributed by atoms with Crippen LogP contribution in [0.1, 0.15) is 26.5 Å². The first kappa shape index (κ1) is 13.3. The lowest BCUT2D eigenvalue weighted by atomic mass is 10.2. The number of para-hydroxylation sites is 1. The van der Waals surface area contributed by atoms with E-state index >= 15 is 0 Å². The number of carbonyl (C=O) groups excluding carboxylic acids is 1. The Labute approximate surface area is 132 Å². The summed E-state index contributed by atoms with van der Waals surface area (Å²) < 4.78 is 1.93. The van der Waals surface area contributed by atoms with Gasteiger partial charge >= 0.3 is 0 Å². The van der Waals surface area contributed by atoms with Crippen LogP contribution in [0.5, 0.6) is 0 Å². The van der Waals surface area contributed by atoms with E-state index in [0.29, 0.717) is 13.1 Å². The molecule has 4 rings (SSSR count). The van der Waals surface area contributed by atoms with Crippen molar-refractivity contribution in [2.75, 3.05) is 0 Å². The van der Waals surface area contributed by atoms with Gasteiger partial charge in [0, 0.05) is 17.0 Å². The Morgan fingerprint density at radius 3 is 2.73 bits per heavy atom. The van der Waals surface area contributed by atoms with Gasteiger partial charge in [0.2, 0.25) is 0 Å². The molecule has 0 spiro atoms. The van der Waals surface area contributed by atoms with Crippen molar-refractivity contribution < 1.29 is 4.79 Å². The predicted octanol–water partition coefficient (Wildman–Crippen LogP) is 3.40. The van der Waals surface area contributed by atoms with Gasteiger partial charge in [0.25, 0.3) is 5.91 Å². The summed E-state index contributed by atoms with van der Waals surface area (Å²) in [6, 6.07) is 11.9. The van der Waals surface area contributed by atoms with Crippen LogP contribution in [0.25, 0.3) is 5.69 Å². The highest BCUT2D eigenvalue weighted by molar-refractivity contribution is 7.10. The maximum Gasteiger partial charge on any atom is 0.255 e. The number of hydrogen-bond donors (Lipinski definition) is 0. The van der Waals surface area contributed by atoms with E-state index in [1.165, 1.54) is 0 Å². The molecule has 0 atom stereocenters. The molecule has 4 nitrogen and oxygen atoms in total. The van der Waals surface area contributed by atoms with Crippen LogP contribution >= 0.6 is 11.3 Å². The molecule has 22 heavy (non-hydrogen) atoms. The Kier molecular flexibility index (Phi) is 3.08. The average Bonchev–Trinajstić information content (AvgIpc) is 3.22. The van der Waals surface area contributed by atoms with Crippen molar-refractivity contribution in [2.45, 2.75) is 20.0 Å². The molecule has 1 aromatic carbocycles. The largest absolute Gasteiger partial charge is 0.328 e. The first-order valence-corrected chi connectivity index (χ1v) is 8.06. The number of rotatable bonds is 2. The van der Waals surface area contributed by atoms with Gasteiger partial charge in [-0.1, -0.05) is 18.2 Å². The van der Waals surface area contributed by atoms with Gasteiger partial charge < -0.3 is 4.90 Å². The van der Waals surface area contributed by atoms with Gasteiger partial charge in [0.1, 0.15) is 0 Å². The van der Waals surface area contributed by atoms with Gasteiger partial charge in [0.05, 0.1) is 29.7 Å². The topological polar surface area (TPSA) is 38.1 Å². The van der Waals surface area contributed by atoms with E-state index in [4.69, 9.17) is 0 Å². The van der Waals surface area contributed by atoms with E-state index in [9.17, 15) is 4.79 Å². The SMILES string of the molecule is Cc1sccc1C(=O)N1Cc2cnn(-c3ccccc3)c2C1. The minimum atomic E-state index is 0.106. The van der Waals surface area contributed by atoms with Crippen LogP contribution in [-0.2, 0) is 13.1 Å². The second-order valence-electron chi connectivity index (χ2n) is 5.42. The summed E-state index contributed by atoms with van der Waals surface area (Å²) in [6.45, 7) is 3.24. The van der Waals surface area contributed by atoms with Crippen LogP contribution in [0, 0.1) is 6.92 Å². The molecule has 0 saturated heterocycles. The third-order valence-electron chi connectivity index (χ3n) is 4.03. The Morgan fingerprint density at radius 1 is 1.18 bits per heavy atom. The molecule has 0 aliphatic carbocycles. The quantitative estimate of drug-likeness (QED) is 0.727. The summed E-state index contributed by atoms with van der Waals surface area (Å²) in [5, 5.41) is 6.43. The van der Waals surface area contributed by atoms with Crippen molar-refractivity contribution in [1.82, 2.24) is 14.7 Å². The van der Waals surface area contributed by atoms with E-state index in [-0.39, 0.29) is 5.91 Å². The Bertz CT molecular complexity index is 835. The van der Waals surface area contributed by atoms with Crippen LogP contribution in [0.4, 0.5) is 0 Å². The highest BCUT2D eigenvalue weighted by Crippen LogP contribution is 2.27. The summed E-state index contributed by atoms with van der Waals surface area (Å²) in [7, 11) is 0. The predicted molar refractivity (Wildman–Crippen MR) is 86.2 cm³/mol. The third-order valence-corrected chi connectivity index (χ3v) is 4.88. The first-order chi connectivity index (χ1) is 10.7. The maximum absolute atomic E-state index is 12.6. The van der Waals surface area contributed by atoms with E-state index in [2.05, 4.69) is 5.10 Å². The average molecular weight is 309 g/mol. The van der Waals surface area contributed by atoms with Gasteiger partial charge in [-0.15, -0.1) is 11.3 Å². The number of carbonyl (C=O) groups is 1. The van der Waals surface area contributed by atoms with Crippen molar-refractivity contribution in [2.24, 2.45) is 0 Å². The Hall–Kier alpha value is -2.40. The Balaban J connectivity index is 1.63. The fourth-order valence-electron chi connectivity index (χ4n) is 2.86. The van der Waals surface area contributed by atoms with Crippen molar-refractivity contribution in [3.05, 3.63) is 69.7 Å². The lowest BCUT2D eigenvalue weighted by Crippen LogP contribution is -2.26. The molecule has 0 bridgehead atoms. The first-order valence-electron chi connectivity index (χ1n) is 7.18. The molecular weight excluding hydrogens is 294 g/mol. The van der Waals surface area contributed by atoms with E-state index in [1.54, 1.807) is 11.3 Å². The van der Waals surface area contributed by atoms with Crippen molar-refractivity contribution >= 4 is 17.2 Å². The molecule has 2 aromatic heterocycles. The number of nitrogens with zero attached hydrogens (tertiary/aromatic N) is 3. The second kappa shape index (κ2) is 5.10. The van der Waals surface area contributed by atoms with Crippen LogP contribution in [-0.4, -0.2) is 20.6 Å². The summed E-state index contributed by atoms with van der Waals surface area (Å²) in [6.07, 6.45) is 1.87. The number of benzene rings is 1. The summed E-state index contributed by atoms with van der Waals surface area (Å²) in [5.41, 5.74) is 4.08. The number of thiophene rings is 1. The molecule has 0 unspecified atom stereocenters. The molecule has 0 saturated carbocycles. The summed E-state index contributed by atoms with van der Waals surface area (Å²) >= 11 is 1.61. The molecule has 5 heteroatoms. The monoisotopic (exact) mass is 309 g/mol. The standard InChI is InChI=1S/C17H15N3OS/c1-12-15(7-8-22-12)17(21)19-10-13-9-18-20(16(13)11-19)14-5-3-2-4-6-14/h2-9H,10-11H2,1H3. The number of fused-ring (bicyclic) bond motifs is 1. The highest BCUT2D eigenvalue weighted by atomic mass is 32.1. The second-order valence-corrected chi connectivity index (χ2v) is 6.54. The molecule has 1 aliphatic rings. The highest BCUT2D eigenvalue weighted by Gasteiger charge is 2.29. The summed E-state index contributed by atoms with van der Waals surface area (Å²) in [4.78, 5) is 15.6. The Morgan fingerprint density at radius 2 is 2.00 bits per heavy atom. The molecule has 3 heterocycles. The minimum Gasteiger partial charge on any atom is -0.328 e. The normalized spacial score (nSPS) is 13.4. The zero-order valence-electron chi connectivity index (χ0n) is 12.2. The molecule has 1 amide bonds. The molecule has 110 valence electrons. The number of amides is 1. The van der Waals surface area contributed by atoms with Crippen LogP contribution in [0.2, 0.25) is 0 Å². The van der Waals surface area contributed by atoms with E-state index in [0.717, 1.165) is 27.4 Å². The van der Waals surface area contributed by atoms with E-state index in [1.807, 2.05) is 64.5 Å². The fraction of sp³-hybridized carbons (Fsp3) is 0.176. The van der Waals surface area contributed by atoms with E-state index < -0.39 is 0 Å². The zero-order valence-corrected chi connectivity index (χ0v) is 13.0. The molecule has 0 N–H and O–H groups in total. The van der Waals surface area contributed by atoms with Gasteiger partial charge in [0.15, 0.2) is 0 Å². The number of aryl methyl sites for hydroxylation is 1. The van der Waals surface area contributed by atoms with Gasteiger partial charge in [-0.05, 0) is 30.5 Å². The smallest absolute Gasteiger partial charge is 0.255 e. The number of aromatic nitrogens is 2. The van der Waals surface area contributed by atoms with Gasteiger partial charge in [-0.25, -0.2) is 4.68 Å². The molecule has 3 aromatic rings. The van der Waals surface area contributed by atoms with Gasteiger partial charge in [-0.2, -0.15) is 5.10 Å². The van der Waals surface area contributed by atoms with Crippen LogP contribution < -0.4 is 0 Å². The number of hydrogen-bond acceptors (Lipinski definition) is 3. The van der Waals surface area contributed by atoms with Gasteiger partial charge in [-0.3, -0.25) is 4.79 Å². The summed E-state index contributed by atoms with van der Waals surface area (Å²) in [5.74, 6) is 0.106. The minimum absolute atomic E-state index is 0.106. The molecular formula is C17H15N3OS. The maximum atomic E-state index is 12.6. The zero-order chi connectivity index (χ0) is 15.1. The van der Waals surface area contributed by atoms with Crippen LogP contribution in [0.15, 0.2) is 48.0 Å². The lowest BCUT2D eigenvalue weighted by molar-refractivity contribution is 0.0748. The third kappa shape index (κ3) is 2.05. The van der Waals surface area contributed by atoms with Crippen molar-refractivity contribution in [3.63, 3.8) is 0 Å². The van der Waals surface area contributed by atoms with Crippen LogP contribution in [0.3, 0.4) is 0 Å². The fourth-order valence-corrected chi connectivity index (χ4v) is 3.55. The van der Waals surface area contributed by atoms with Crippen molar-refractivity contribution in [1.29, 1.82) is 0 Å². The lowest BCUT2D eigenvalue weighted by Gasteiger charge is -2.16. The van der Waals surface area contributed by atoms with Crippen molar-refractivity contribution in [3.8, 4) is 5.69 Å². The molecule has 0 radical (unpaired) electrons. The molecule has 1 aliphatic heterocycles. The molecule has 0 fully saturated rings.